The van der Waals surface area contributed by atoms with Gasteiger partial charge >= 0.3 is 5.97 Å². The molecule has 0 saturated carbocycles. The highest BCUT2D eigenvalue weighted by atomic mass is 35.5. The van der Waals surface area contributed by atoms with E-state index in [1.165, 1.54) is 0 Å². The maximum absolute atomic E-state index is 11.5. The summed E-state index contributed by atoms with van der Waals surface area (Å²) in [6, 6.07) is 4.74. The summed E-state index contributed by atoms with van der Waals surface area (Å²) in [6.45, 7) is 0.305. The first-order chi connectivity index (χ1) is 7.59. The van der Waals surface area contributed by atoms with E-state index in [0.717, 1.165) is 0 Å². The molecular weight excluding hydrogens is 232 g/mol. The van der Waals surface area contributed by atoms with Crippen LogP contribution in [0, 0.1) is 0 Å². The Morgan fingerprint density at radius 3 is 2.81 bits per heavy atom. The van der Waals surface area contributed by atoms with Gasteiger partial charge in [-0.3, -0.25) is 9.59 Å². The van der Waals surface area contributed by atoms with E-state index in [1.807, 2.05) is 0 Å². The minimum absolute atomic E-state index is 0.0310. The number of pyridine rings is 1. The van der Waals surface area contributed by atoms with Gasteiger partial charge in [-0.05, 0) is 18.6 Å². The second kappa shape index (κ2) is 6.07. The molecule has 1 aromatic rings. The van der Waals surface area contributed by atoms with Crippen LogP contribution in [0.15, 0.2) is 18.2 Å². The van der Waals surface area contributed by atoms with Crippen molar-refractivity contribution in [3.63, 3.8) is 0 Å². The minimum atomic E-state index is -0.880. The predicted molar refractivity (Wildman–Crippen MR) is 58.5 cm³/mol. The molecule has 2 N–H and O–H groups in total. The number of amides is 1. The number of halogens is 1. The molecule has 1 amide bonds. The summed E-state index contributed by atoms with van der Waals surface area (Å²) in [5.41, 5.74) is 0.225. The second-order valence-electron chi connectivity index (χ2n) is 3.10. The first-order valence-corrected chi connectivity index (χ1v) is 5.10. The van der Waals surface area contributed by atoms with E-state index in [-0.39, 0.29) is 23.2 Å². The van der Waals surface area contributed by atoms with Crippen molar-refractivity contribution in [1.29, 1.82) is 0 Å². The highest BCUT2D eigenvalue weighted by Crippen LogP contribution is 2.04. The third kappa shape index (κ3) is 4.27. The predicted octanol–water partition coefficient (Wildman–Crippen LogP) is 1.33. The molecule has 0 bridgehead atoms. The molecule has 0 aromatic carbocycles. The lowest BCUT2D eigenvalue weighted by Gasteiger charge is -2.03. The zero-order valence-electron chi connectivity index (χ0n) is 8.44. The Balaban J connectivity index is 2.38. The standard InChI is InChI=1S/C10H11ClN2O3/c11-8-4-1-3-7(13-8)10(16)12-6-2-5-9(14)15/h1,3-4H,2,5-6H2,(H,12,16)(H,14,15). The van der Waals surface area contributed by atoms with Crippen molar-refractivity contribution in [2.24, 2.45) is 0 Å². The number of aliphatic carboxylic acids is 1. The van der Waals surface area contributed by atoms with Crippen LogP contribution in [0.1, 0.15) is 23.3 Å². The molecule has 6 heteroatoms. The molecule has 0 fully saturated rings. The molecule has 16 heavy (non-hydrogen) atoms. The molecule has 0 atom stereocenters. The van der Waals surface area contributed by atoms with E-state index in [2.05, 4.69) is 10.3 Å². The Bertz CT molecular complexity index is 395. The molecule has 0 aliphatic rings. The average molecular weight is 243 g/mol. The van der Waals surface area contributed by atoms with Crippen molar-refractivity contribution in [1.82, 2.24) is 10.3 Å². The lowest BCUT2D eigenvalue weighted by Crippen LogP contribution is -2.25. The van der Waals surface area contributed by atoms with Gasteiger partial charge in [-0.15, -0.1) is 0 Å². The van der Waals surface area contributed by atoms with Gasteiger partial charge in [0.1, 0.15) is 10.8 Å². The molecule has 0 unspecified atom stereocenters. The van der Waals surface area contributed by atoms with Crippen molar-refractivity contribution >= 4 is 23.5 Å². The third-order valence-electron chi connectivity index (χ3n) is 1.80. The van der Waals surface area contributed by atoms with Gasteiger partial charge in [0.2, 0.25) is 0 Å². The van der Waals surface area contributed by atoms with E-state index in [1.54, 1.807) is 18.2 Å². The summed E-state index contributed by atoms with van der Waals surface area (Å²) in [5, 5.41) is 11.2. The Kier molecular flexibility index (Phi) is 4.72. The summed E-state index contributed by atoms with van der Waals surface area (Å²) in [7, 11) is 0. The van der Waals surface area contributed by atoms with E-state index in [9.17, 15) is 9.59 Å². The van der Waals surface area contributed by atoms with E-state index in [4.69, 9.17) is 16.7 Å². The summed E-state index contributed by atoms with van der Waals surface area (Å²) < 4.78 is 0. The van der Waals surface area contributed by atoms with Crippen molar-refractivity contribution in [2.45, 2.75) is 12.8 Å². The van der Waals surface area contributed by atoms with Crippen LogP contribution in [-0.2, 0) is 4.79 Å². The lowest BCUT2D eigenvalue weighted by molar-refractivity contribution is -0.137. The topological polar surface area (TPSA) is 79.3 Å². The number of rotatable bonds is 5. The number of nitrogens with one attached hydrogen (secondary N) is 1. The van der Waals surface area contributed by atoms with E-state index in [0.29, 0.717) is 13.0 Å². The summed E-state index contributed by atoms with van der Waals surface area (Å²) in [6.07, 6.45) is 0.422. The second-order valence-corrected chi connectivity index (χ2v) is 3.49. The summed E-state index contributed by atoms with van der Waals surface area (Å²) in [4.78, 5) is 25.5. The molecule has 86 valence electrons. The molecular formula is C10H11ClN2O3. The number of hydrogen-bond donors (Lipinski definition) is 2. The highest BCUT2D eigenvalue weighted by Gasteiger charge is 2.06. The quantitative estimate of drug-likeness (QED) is 0.603. The fraction of sp³-hybridized carbons (Fsp3) is 0.300. The van der Waals surface area contributed by atoms with Gasteiger partial charge < -0.3 is 10.4 Å². The Labute approximate surface area is 97.4 Å². The Morgan fingerprint density at radius 1 is 1.44 bits per heavy atom. The molecule has 0 saturated heterocycles. The number of carboxylic acids is 1. The average Bonchev–Trinajstić information content (AvgIpc) is 2.24. The zero-order chi connectivity index (χ0) is 12.0. The van der Waals surface area contributed by atoms with Gasteiger partial charge in [0.05, 0.1) is 0 Å². The fourth-order valence-corrected chi connectivity index (χ4v) is 1.23. The normalized spacial score (nSPS) is 9.81. The maximum Gasteiger partial charge on any atom is 0.303 e. The van der Waals surface area contributed by atoms with Crippen molar-refractivity contribution in [3.8, 4) is 0 Å². The van der Waals surface area contributed by atoms with Crippen LogP contribution in [0.2, 0.25) is 5.15 Å². The van der Waals surface area contributed by atoms with Crippen LogP contribution >= 0.6 is 11.6 Å². The van der Waals surface area contributed by atoms with Crippen LogP contribution in [0.25, 0.3) is 0 Å². The van der Waals surface area contributed by atoms with Crippen molar-refractivity contribution in [2.75, 3.05) is 6.54 Å². The fourth-order valence-electron chi connectivity index (χ4n) is 1.07. The van der Waals surface area contributed by atoms with E-state index < -0.39 is 5.97 Å². The van der Waals surface area contributed by atoms with Gasteiger partial charge in [-0.1, -0.05) is 17.7 Å². The van der Waals surface area contributed by atoms with Crippen LogP contribution in [-0.4, -0.2) is 28.5 Å². The number of nitrogens with zero attached hydrogens (tertiary/aromatic N) is 1. The maximum atomic E-state index is 11.5. The third-order valence-corrected chi connectivity index (χ3v) is 2.01. The molecule has 0 spiro atoms. The number of hydrogen-bond acceptors (Lipinski definition) is 3. The Hall–Kier alpha value is -1.62. The number of carbonyl (C=O) groups excluding carboxylic acids is 1. The van der Waals surface area contributed by atoms with Gasteiger partial charge in [-0.2, -0.15) is 0 Å². The van der Waals surface area contributed by atoms with Crippen LogP contribution in [0.3, 0.4) is 0 Å². The number of carbonyl (C=O) groups is 2. The van der Waals surface area contributed by atoms with Crippen molar-refractivity contribution < 1.29 is 14.7 Å². The molecule has 1 rings (SSSR count). The monoisotopic (exact) mass is 242 g/mol. The van der Waals surface area contributed by atoms with Crippen molar-refractivity contribution in [3.05, 3.63) is 29.0 Å². The van der Waals surface area contributed by atoms with Crippen LogP contribution in [0.4, 0.5) is 0 Å². The molecule has 5 nitrogen and oxygen atoms in total. The molecule has 0 radical (unpaired) electrons. The molecule has 1 heterocycles. The SMILES string of the molecule is O=C(O)CCCNC(=O)c1cccc(Cl)n1. The zero-order valence-corrected chi connectivity index (χ0v) is 9.20. The molecule has 0 aliphatic heterocycles. The van der Waals surface area contributed by atoms with E-state index >= 15 is 0 Å². The first kappa shape index (κ1) is 12.4. The number of aromatic nitrogens is 1. The summed E-state index contributed by atoms with van der Waals surface area (Å²) >= 11 is 5.62. The van der Waals surface area contributed by atoms with Crippen LogP contribution in [0.5, 0.6) is 0 Å². The van der Waals surface area contributed by atoms with Gasteiger partial charge in [0.25, 0.3) is 5.91 Å². The van der Waals surface area contributed by atoms with Crippen LogP contribution < -0.4 is 5.32 Å². The summed E-state index contributed by atoms with van der Waals surface area (Å²) in [5.74, 6) is -1.23. The van der Waals surface area contributed by atoms with Gasteiger partial charge in [0.15, 0.2) is 0 Å². The minimum Gasteiger partial charge on any atom is -0.481 e. The van der Waals surface area contributed by atoms with Gasteiger partial charge in [-0.25, -0.2) is 4.98 Å². The largest absolute Gasteiger partial charge is 0.481 e. The number of carboxylic acid groups (broad SMARTS) is 1. The molecule has 0 aliphatic carbocycles. The highest BCUT2D eigenvalue weighted by molar-refractivity contribution is 6.29. The molecule has 1 aromatic heterocycles. The van der Waals surface area contributed by atoms with Gasteiger partial charge in [0, 0.05) is 13.0 Å². The smallest absolute Gasteiger partial charge is 0.303 e. The lowest BCUT2D eigenvalue weighted by atomic mass is 10.3. The Morgan fingerprint density at radius 2 is 2.19 bits per heavy atom. The first-order valence-electron chi connectivity index (χ1n) is 4.72.